The molecule has 0 radical (unpaired) electrons. The van der Waals surface area contributed by atoms with E-state index in [0.717, 1.165) is 6.42 Å². The fraction of sp³-hybridized carbons (Fsp3) is 0.0526. The van der Waals surface area contributed by atoms with Crippen molar-refractivity contribution in [2.45, 2.75) is 12.8 Å². The van der Waals surface area contributed by atoms with E-state index >= 15 is 0 Å². The van der Waals surface area contributed by atoms with Crippen molar-refractivity contribution in [3.05, 3.63) is 126 Å². The van der Waals surface area contributed by atoms with E-state index in [1.165, 1.54) is 75.5 Å². The zero-order chi connectivity index (χ0) is 26.9. The molecular weight excluding hydrogens is 516 g/mol. The Hall–Kier alpha value is -5.04. The summed E-state index contributed by atoms with van der Waals surface area (Å²) in [5, 5.41) is 6.43. The molecule has 41 heavy (non-hydrogen) atoms. The van der Waals surface area contributed by atoms with Crippen molar-refractivity contribution in [3.8, 4) is 17.5 Å². The Morgan fingerprint density at radius 3 is 1.61 bits per heavy atom. The van der Waals surface area contributed by atoms with Crippen molar-refractivity contribution in [3.63, 3.8) is 0 Å². The maximum absolute atomic E-state index is 3.48. The first-order valence-electron chi connectivity index (χ1n) is 14.0. The summed E-state index contributed by atoms with van der Waals surface area (Å²) in [6.07, 6.45) is 3.92. The summed E-state index contributed by atoms with van der Waals surface area (Å²) in [6, 6.07) is 41.9. The SMILES string of the molecule is C1#CCc2sc3ccc(-n4c5ccccc5c5ccccc54)cc3c2/C=C(/n2c3ccccc3c3ccccc32)C1. The van der Waals surface area contributed by atoms with E-state index in [1.807, 2.05) is 11.3 Å². The van der Waals surface area contributed by atoms with Crippen LogP contribution in [-0.2, 0) is 6.42 Å². The molecule has 3 heteroatoms. The van der Waals surface area contributed by atoms with Crippen molar-refractivity contribution in [2.24, 2.45) is 0 Å². The topological polar surface area (TPSA) is 9.86 Å². The molecule has 0 fully saturated rings. The number of nitrogens with zero attached hydrogens (tertiary/aromatic N) is 2. The number of allylic oxidation sites excluding steroid dienone is 1. The molecule has 5 aromatic carbocycles. The maximum atomic E-state index is 3.48. The number of hydrogen-bond acceptors (Lipinski definition) is 1. The molecule has 0 spiro atoms. The summed E-state index contributed by atoms with van der Waals surface area (Å²) in [6.45, 7) is 0. The Balaban J connectivity index is 1.32. The monoisotopic (exact) mass is 540 g/mol. The highest BCUT2D eigenvalue weighted by molar-refractivity contribution is 7.19. The third kappa shape index (κ3) is 3.32. The molecule has 9 rings (SSSR count). The summed E-state index contributed by atoms with van der Waals surface area (Å²) in [5.41, 5.74) is 8.65. The average Bonchev–Trinajstić information content (AvgIpc) is 3.64. The van der Waals surface area contributed by atoms with Gasteiger partial charge in [0, 0.05) is 60.7 Å². The van der Waals surface area contributed by atoms with Gasteiger partial charge in [0.05, 0.1) is 22.1 Å². The lowest BCUT2D eigenvalue weighted by Crippen LogP contribution is -1.98. The van der Waals surface area contributed by atoms with Gasteiger partial charge in [-0.05, 0) is 54.1 Å². The predicted molar refractivity (Wildman–Crippen MR) is 176 cm³/mol. The number of rotatable bonds is 2. The maximum Gasteiger partial charge on any atom is 0.0541 e. The van der Waals surface area contributed by atoms with Gasteiger partial charge in [-0.3, -0.25) is 0 Å². The molecular formula is C38H24N2S. The van der Waals surface area contributed by atoms with Crippen LogP contribution in [0.15, 0.2) is 115 Å². The molecule has 0 aliphatic heterocycles. The lowest BCUT2D eigenvalue weighted by Gasteiger charge is -2.13. The average molecular weight is 541 g/mol. The number of hydrogen-bond donors (Lipinski definition) is 0. The van der Waals surface area contributed by atoms with E-state index in [4.69, 9.17) is 0 Å². The first-order chi connectivity index (χ1) is 20.3. The van der Waals surface area contributed by atoms with Crippen LogP contribution in [0.3, 0.4) is 0 Å². The van der Waals surface area contributed by atoms with Crippen molar-refractivity contribution in [1.29, 1.82) is 0 Å². The third-order valence-electron chi connectivity index (χ3n) is 8.45. The summed E-state index contributed by atoms with van der Waals surface area (Å²) in [7, 11) is 0. The Labute approximate surface area is 241 Å². The summed E-state index contributed by atoms with van der Waals surface area (Å²) in [5.74, 6) is 6.96. The van der Waals surface area contributed by atoms with Gasteiger partial charge in [-0.25, -0.2) is 0 Å². The Morgan fingerprint density at radius 1 is 0.512 bits per heavy atom. The van der Waals surface area contributed by atoms with E-state index in [1.54, 1.807) is 0 Å². The molecule has 0 atom stereocenters. The highest BCUT2D eigenvalue weighted by atomic mass is 32.1. The Bertz CT molecular complexity index is 2330. The highest BCUT2D eigenvalue weighted by Crippen LogP contribution is 2.40. The van der Waals surface area contributed by atoms with E-state index in [9.17, 15) is 0 Å². The quantitative estimate of drug-likeness (QED) is 0.193. The number of benzene rings is 5. The van der Waals surface area contributed by atoms with Gasteiger partial charge in [0.1, 0.15) is 0 Å². The van der Waals surface area contributed by atoms with Gasteiger partial charge in [-0.2, -0.15) is 0 Å². The predicted octanol–water partition coefficient (Wildman–Crippen LogP) is 10.1. The van der Waals surface area contributed by atoms with Crippen LogP contribution in [0.2, 0.25) is 0 Å². The third-order valence-corrected chi connectivity index (χ3v) is 9.63. The summed E-state index contributed by atoms with van der Waals surface area (Å²) in [4.78, 5) is 1.34. The molecule has 192 valence electrons. The smallest absolute Gasteiger partial charge is 0.0541 e. The molecule has 2 nitrogen and oxygen atoms in total. The summed E-state index contributed by atoms with van der Waals surface area (Å²) < 4.78 is 6.14. The zero-order valence-electron chi connectivity index (χ0n) is 22.3. The van der Waals surface area contributed by atoms with Gasteiger partial charge >= 0.3 is 0 Å². The second-order valence-electron chi connectivity index (χ2n) is 10.7. The fourth-order valence-corrected chi connectivity index (χ4v) is 7.78. The first-order valence-corrected chi connectivity index (χ1v) is 14.9. The van der Waals surface area contributed by atoms with Crippen LogP contribution in [0, 0.1) is 11.8 Å². The minimum Gasteiger partial charge on any atom is -0.312 e. The lowest BCUT2D eigenvalue weighted by atomic mass is 10.0. The highest BCUT2D eigenvalue weighted by Gasteiger charge is 2.18. The Morgan fingerprint density at radius 2 is 1.02 bits per heavy atom. The minimum absolute atomic E-state index is 0.714. The number of thiophene rings is 1. The molecule has 3 aromatic heterocycles. The zero-order valence-corrected chi connectivity index (χ0v) is 23.1. The molecule has 3 heterocycles. The van der Waals surface area contributed by atoms with Crippen molar-refractivity contribution >= 4 is 76.8 Å². The van der Waals surface area contributed by atoms with Crippen molar-refractivity contribution < 1.29 is 0 Å². The van der Waals surface area contributed by atoms with Crippen LogP contribution in [0.4, 0.5) is 0 Å². The van der Waals surface area contributed by atoms with E-state index in [2.05, 4.69) is 142 Å². The Kier molecular flexibility index (Phi) is 4.84. The molecule has 0 saturated carbocycles. The molecule has 1 aliphatic rings. The molecule has 8 aromatic rings. The minimum atomic E-state index is 0.714. The molecule has 0 N–H and O–H groups in total. The second-order valence-corrected chi connectivity index (χ2v) is 11.8. The number of aromatic nitrogens is 2. The second kappa shape index (κ2) is 8.73. The van der Waals surface area contributed by atoms with Gasteiger partial charge in [0.2, 0.25) is 0 Å². The van der Waals surface area contributed by atoms with Gasteiger partial charge in [-0.15, -0.1) is 11.3 Å². The van der Waals surface area contributed by atoms with Crippen LogP contribution in [0.25, 0.3) is 71.2 Å². The number of fused-ring (bicyclic) bond motifs is 9. The van der Waals surface area contributed by atoms with E-state index in [-0.39, 0.29) is 0 Å². The van der Waals surface area contributed by atoms with Crippen molar-refractivity contribution in [2.75, 3.05) is 0 Å². The van der Waals surface area contributed by atoms with Gasteiger partial charge in [0.25, 0.3) is 0 Å². The van der Waals surface area contributed by atoms with Gasteiger partial charge in [-0.1, -0.05) is 84.6 Å². The largest absolute Gasteiger partial charge is 0.312 e. The van der Waals surface area contributed by atoms with Crippen LogP contribution in [0.1, 0.15) is 16.9 Å². The van der Waals surface area contributed by atoms with Gasteiger partial charge in [0.15, 0.2) is 0 Å². The summed E-state index contributed by atoms with van der Waals surface area (Å²) >= 11 is 1.88. The molecule has 0 saturated heterocycles. The molecule has 1 aliphatic carbocycles. The molecule has 0 bridgehead atoms. The van der Waals surface area contributed by atoms with Crippen LogP contribution >= 0.6 is 11.3 Å². The molecule has 0 unspecified atom stereocenters. The lowest BCUT2D eigenvalue weighted by molar-refractivity contribution is 1.16. The fourth-order valence-electron chi connectivity index (χ4n) is 6.67. The van der Waals surface area contributed by atoms with Crippen LogP contribution in [-0.4, -0.2) is 9.13 Å². The van der Waals surface area contributed by atoms with Gasteiger partial charge < -0.3 is 9.13 Å². The normalized spacial score (nSPS) is 14.6. The first kappa shape index (κ1) is 22.7. The van der Waals surface area contributed by atoms with E-state index in [0.29, 0.717) is 6.42 Å². The van der Waals surface area contributed by atoms with Crippen LogP contribution in [0.5, 0.6) is 0 Å². The molecule has 0 amide bonds. The van der Waals surface area contributed by atoms with Crippen molar-refractivity contribution in [1.82, 2.24) is 9.13 Å². The van der Waals surface area contributed by atoms with E-state index < -0.39 is 0 Å². The van der Waals surface area contributed by atoms with Crippen LogP contribution < -0.4 is 0 Å². The standard InChI is InChI=1S/C38H24N2S/c1-10-20-37-31(23-25(11-1)39-33-16-6-2-12-27(33)28-13-3-7-17-34(28)39)32-24-26(21-22-38(32)41-37)40-35-18-8-4-14-29(35)30-15-5-9-19-36(30)40/h2-9,12-19,21-24H,11,20H2/b25-23+. The number of para-hydroxylation sites is 4.